The summed E-state index contributed by atoms with van der Waals surface area (Å²) in [6.07, 6.45) is 5.13. The van der Waals surface area contributed by atoms with Gasteiger partial charge in [0.2, 0.25) is 0 Å². The summed E-state index contributed by atoms with van der Waals surface area (Å²) < 4.78 is 6.58. The van der Waals surface area contributed by atoms with E-state index in [2.05, 4.69) is 4.90 Å². The first kappa shape index (κ1) is 20.3. The summed E-state index contributed by atoms with van der Waals surface area (Å²) >= 11 is 1.52. The average Bonchev–Trinajstić information content (AvgIpc) is 3.30. The lowest BCUT2D eigenvalue weighted by atomic mass is 9.48. The molecule has 2 saturated carbocycles. The third-order valence-electron chi connectivity index (χ3n) is 9.32. The van der Waals surface area contributed by atoms with Crippen molar-refractivity contribution in [2.24, 2.45) is 5.92 Å². The molecule has 2 aliphatic heterocycles. The maximum atomic E-state index is 13.3. The van der Waals surface area contributed by atoms with Crippen molar-refractivity contribution in [1.82, 2.24) is 9.80 Å². The fraction of sp³-hybridized carbons (Fsp3) is 0.577. The van der Waals surface area contributed by atoms with Gasteiger partial charge in [0.05, 0.1) is 22.6 Å². The van der Waals surface area contributed by atoms with Gasteiger partial charge in [-0.1, -0.05) is 6.07 Å². The summed E-state index contributed by atoms with van der Waals surface area (Å²) in [7, 11) is 1.86. The number of likely N-dealkylation sites (N-methyl/N-ethyl adjacent to an activating group) is 1. The number of nitrogens with zero attached hydrogens (tertiary/aromatic N) is 2. The van der Waals surface area contributed by atoms with Gasteiger partial charge in [0.25, 0.3) is 5.91 Å². The molecule has 2 bridgehead atoms. The second-order valence-corrected chi connectivity index (χ2v) is 11.6. The van der Waals surface area contributed by atoms with E-state index in [0.717, 1.165) is 37.4 Å². The van der Waals surface area contributed by atoms with Gasteiger partial charge < -0.3 is 19.8 Å². The number of carbonyl (C=O) groups is 1. The number of rotatable bonds is 4. The molecule has 1 spiro atoms. The molecule has 5 aliphatic rings. The van der Waals surface area contributed by atoms with Crippen LogP contribution < -0.4 is 4.74 Å². The molecule has 1 aromatic carbocycles. The van der Waals surface area contributed by atoms with Gasteiger partial charge in [-0.25, -0.2) is 0 Å². The highest BCUT2D eigenvalue weighted by atomic mass is 32.1. The minimum Gasteiger partial charge on any atom is -0.504 e. The number of aromatic hydroxyl groups is 1. The van der Waals surface area contributed by atoms with E-state index >= 15 is 0 Å². The molecule has 2 aromatic rings. The number of benzene rings is 1. The van der Waals surface area contributed by atoms with Crippen LogP contribution in [0.3, 0.4) is 0 Å². The van der Waals surface area contributed by atoms with E-state index in [1.807, 2.05) is 34.8 Å². The number of phenols is 1. The number of likely N-dealkylation sites (tertiary alicyclic amines) is 1. The van der Waals surface area contributed by atoms with Gasteiger partial charge in [0.15, 0.2) is 11.5 Å². The van der Waals surface area contributed by atoms with Gasteiger partial charge in [-0.05, 0) is 74.1 Å². The number of hydrogen-bond acceptors (Lipinski definition) is 6. The molecule has 2 N–H and O–H groups in total. The molecule has 3 fully saturated rings. The summed E-state index contributed by atoms with van der Waals surface area (Å²) in [5.74, 6) is 1.43. The van der Waals surface area contributed by atoms with Crippen LogP contribution in [-0.2, 0) is 11.8 Å². The normalized spacial score (nSPS) is 36.2. The second-order valence-electron chi connectivity index (χ2n) is 10.8. The van der Waals surface area contributed by atoms with E-state index in [1.54, 1.807) is 6.07 Å². The van der Waals surface area contributed by atoms with Crippen LogP contribution in [0.4, 0.5) is 0 Å². The first-order valence-corrected chi connectivity index (χ1v) is 13.2. The van der Waals surface area contributed by atoms with Crippen LogP contribution in [0.1, 0.15) is 53.6 Å². The molecule has 6 nitrogen and oxygen atoms in total. The molecule has 3 heterocycles. The molecule has 33 heavy (non-hydrogen) atoms. The quantitative estimate of drug-likeness (QED) is 0.724. The Hall–Kier alpha value is -2.09. The molecular formula is C26H30N2O4S. The Balaban J connectivity index is 1.34. The van der Waals surface area contributed by atoms with Crippen LogP contribution in [0.25, 0.3) is 0 Å². The van der Waals surface area contributed by atoms with Crippen LogP contribution in [0.2, 0.25) is 0 Å². The van der Waals surface area contributed by atoms with Crippen LogP contribution in [0.5, 0.6) is 11.5 Å². The lowest BCUT2D eigenvalue weighted by Gasteiger charge is -2.64. The zero-order valence-corrected chi connectivity index (χ0v) is 19.7. The van der Waals surface area contributed by atoms with Crippen molar-refractivity contribution in [3.8, 4) is 11.5 Å². The molecular weight excluding hydrogens is 436 g/mol. The van der Waals surface area contributed by atoms with E-state index in [1.165, 1.54) is 29.7 Å². The van der Waals surface area contributed by atoms with Crippen LogP contribution >= 0.6 is 11.3 Å². The van der Waals surface area contributed by atoms with Gasteiger partial charge >= 0.3 is 0 Å². The summed E-state index contributed by atoms with van der Waals surface area (Å²) in [6, 6.07) is 5.52. The van der Waals surface area contributed by atoms with Gasteiger partial charge in [-0.3, -0.25) is 9.69 Å². The largest absolute Gasteiger partial charge is 0.504 e. The van der Waals surface area contributed by atoms with E-state index in [-0.39, 0.29) is 29.8 Å². The second kappa shape index (κ2) is 6.74. The Morgan fingerprint density at radius 3 is 2.88 bits per heavy atom. The Morgan fingerprint density at radius 2 is 2.12 bits per heavy atom. The van der Waals surface area contributed by atoms with Crippen molar-refractivity contribution in [1.29, 1.82) is 0 Å². The highest BCUT2D eigenvalue weighted by molar-refractivity contribution is 7.08. The molecule has 7 rings (SSSR count). The van der Waals surface area contributed by atoms with Crippen molar-refractivity contribution < 1.29 is 19.7 Å². The fourth-order valence-electron chi connectivity index (χ4n) is 7.59. The number of ether oxygens (including phenoxy) is 1. The number of aliphatic hydroxyl groups is 1. The molecule has 5 atom stereocenters. The predicted octanol–water partition coefficient (Wildman–Crippen LogP) is 3.16. The Morgan fingerprint density at radius 1 is 1.27 bits per heavy atom. The van der Waals surface area contributed by atoms with Gasteiger partial charge in [0.1, 0.15) is 6.10 Å². The van der Waals surface area contributed by atoms with Crippen LogP contribution in [0, 0.1) is 5.92 Å². The summed E-state index contributed by atoms with van der Waals surface area (Å²) in [5.41, 5.74) is 1.39. The standard InChI is InChI=1S/C26H30N2O4S/c1-27(24(30)17-7-11-33-14-17)18-6-8-26(31)20-12-16-4-5-19(29)22-21(16)25(26,23(18)32-22)9-10-28(20)13-15-2-3-15/h4-5,7,11,14-15,18,20,23,29,31H,2-3,6,8-10,12-13H2,1H3/t18-,20-,23+,25+,26-/m1/s1. The number of amides is 1. The van der Waals surface area contributed by atoms with Crippen molar-refractivity contribution in [3.63, 3.8) is 0 Å². The molecule has 7 heteroatoms. The lowest BCUT2D eigenvalue weighted by molar-refractivity contribution is -0.197. The van der Waals surface area contributed by atoms with Crippen LogP contribution in [-0.4, -0.2) is 69.8 Å². The van der Waals surface area contributed by atoms with E-state index in [4.69, 9.17) is 4.74 Å². The van der Waals surface area contributed by atoms with E-state index < -0.39 is 11.0 Å². The summed E-state index contributed by atoms with van der Waals surface area (Å²) in [5, 5.41) is 27.1. The molecule has 0 unspecified atom stereocenters. The third-order valence-corrected chi connectivity index (χ3v) is 10.0. The highest BCUT2D eigenvalue weighted by Crippen LogP contribution is 2.66. The predicted molar refractivity (Wildman–Crippen MR) is 125 cm³/mol. The van der Waals surface area contributed by atoms with Gasteiger partial charge in [-0.2, -0.15) is 11.3 Å². The Kier molecular flexibility index (Phi) is 4.14. The molecule has 0 radical (unpaired) electrons. The smallest absolute Gasteiger partial charge is 0.254 e. The number of piperidine rings is 1. The zero-order valence-electron chi connectivity index (χ0n) is 18.9. The summed E-state index contributed by atoms with van der Waals surface area (Å²) in [4.78, 5) is 17.6. The first-order valence-electron chi connectivity index (χ1n) is 12.2. The fourth-order valence-corrected chi connectivity index (χ4v) is 8.22. The number of phenolic OH excluding ortho intramolecular Hbond substituents is 1. The number of thiophene rings is 1. The number of carbonyl (C=O) groups excluding carboxylic acids is 1. The van der Waals surface area contributed by atoms with Crippen molar-refractivity contribution in [2.75, 3.05) is 20.1 Å². The van der Waals surface area contributed by atoms with E-state index in [9.17, 15) is 15.0 Å². The molecule has 1 aromatic heterocycles. The van der Waals surface area contributed by atoms with Gasteiger partial charge in [0, 0.05) is 30.6 Å². The average molecular weight is 467 g/mol. The maximum absolute atomic E-state index is 13.3. The monoisotopic (exact) mass is 466 g/mol. The van der Waals surface area contributed by atoms with Crippen molar-refractivity contribution in [2.45, 2.75) is 67.7 Å². The minimum atomic E-state index is -0.917. The molecule has 1 amide bonds. The zero-order chi connectivity index (χ0) is 22.5. The van der Waals surface area contributed by atoms with Gasteiger partial charge in [-0.15, -0.1) is 0 Å². The summed E-state index contributed by atoms with van der Waals surface area (Å²) in [6.45, 7) is 1.99. The van der Waals surface area contributed by atoms with E-state index in [0.29, 0.717) is 24.2 Å². The Bertz CT molecular complexity index is 1130. The van der Waals surface area contributed by atoms with Crippen molar-refractivity contribution >= 4 is 17.2 Å². The SMILES string of the molecule is CN(C(=O)c1ccsc1)[C@@H]1CC[C@@]2(O)[C@H]3Cc4ccc(O)c5c4[C@@]2(CCN3CC2CC2)[C@H]1O5. The third kappa shape index (κ3) is 2.53. The highest BCUT2D eigenvalue weighted by Gasteiger charge is 2.73. The topological polar surface area (TPSA) is 73.2 Å². The van der Waals surface area contributed by atoms with Crippen LogP contribution in [0.15, 0.2) is 29.0 Å². The van der Waals surface area contributed by atoms with Crippen molar-refractivity contribution in [3.05, 3.63) is 45.6 Å². The molecule has 3 aliphatic carbocycles. The Labute approximate surface area is 197 Å². The minimum absolute atomic E-state index is 0.00869. The lowest BCUT2D eigenvalue weighted by Crippen LogP contribution is -2.78. The molecule has 174 valence electrons. The maximum Gasteiger partial charge on any atom is 0.254 e. The number of hydrogen-bond donors (Lipinski definition) is 2. The first-order chi connectivity index (χ1) is 15.9. The molecule has 1 saturated heterocycles.